The third-order valence-corrected chi connectivity index (χ3v) is 4.67. The third kappa shape index (κ3) is 5.68. The van der Waals surface area contributed by atoms with Crippen LogP contribution in [0.3, 0.4) is 0 Å². The molecule has 0 radical (unpaired) electrons. The van der Waals surface area contributed by atoms with Crippen LogP contribution in [-0.2, 0) is 4.79 Å². The molecule has 0 bridgehead atoms. The van der Waals surface area contributed by atoms with Crippen molar-refractivity contribution in [1.29, 1.82) is 0 Å². The molecule has 0 aromatic heterocycles. The van der Waals surface area contributed by atoms with E-state index in [9.17, 15) is 4.79 Å². The summed E-state index contributed by atoms with van der Waals surface area (Å²) in [4.78, 5) is 15.9. The molecule has 0 fully saturated rings. The highest BCUT2D eigenvalue weighted by atomic mass is 32.2. The number of hydrogen-bond acceptors (Lipinski definition) is 7. The molecule has 0 unspecified atom stereocenters. The summed E-state index contributed by atoms with van der Waals surface area (Å²) in [5.41, 5.74) is 6.39. The number of nitrogens with zero attached hydrogens (tertiary/aromatic N) is 1. The number of ether oxygens (including phenoxy) is 4. The zero-order chi connectivity index (χ0) is 20.6. The van der Waals surface area contributed by atoms with Crippen molar-refractivity contribution in [2.24, 2.45) is 10.7 Å². The average Bonchev–Trinajstić information content (AvgIpc) is 3.03. The molecule has 2 aromatic carbocycles. The Hall–Kier alpha value is -3.13. The van der Waals surface area contributed by atoms with Gasteiger partial charge in [0.05, 0.1) is 18.6 Å². The number of rotatable bonds is 9. The summed E-state index contributed by atoms with van der Waals surface area (Å²) in [7, 11) is 1.61. The fraction of sp³-hybridized carbons (Fsp3) is 0.238. The highest BCUT2D eigenvalue weighted by Gasteiger charge is 2.19. The minimum Gasteiger partial charge on any atom is -0.497 e. The number of thioether (sulfide) groups is 1. The maximum absolute atomic E-state index is 11.8. The van der Waals surface area contributed by atoms with Crippen LogP contribution in [0.15, 0.2) is 52.4 Å². The first-order valence-corrected chi connectivity index (χ1v) is 9.85. The molecule has 3 rings (SSSR count). The van der Waals surface area contributed by atoms with E-state index in [1.807, 2.05) is 43.3 Å². The molecule has 0 aliphatic carbocycles. The lowest BCUT2D eigenvalue weighted by molar-refractivity contribution is -0.113. The quantitative estimate of drug-likeness (QED) is 0.496. The van der Waals surface area contributed by atoms with Crippen molar-refractivity contribution in [2.75, 3.05) is 26.9 Å². The molecule has 1 aliphatic heterocycles. The third-order valence-electron chi connectivity index (χ3n) is 3.85. The van der Waals surface area contributed by atoms with Crippen molar-refractivity contribution in [3.05, 3.63) is 52.9 Å². The summed E-state index contributed by atoms with van der Waals surface area (Å²) >= 11 is 1.15. The van der Waals surface area contributed by atoms with Gasteiger partial charge < -0.3 is 24.7 Å². The predicted molar refractivity (Wildman–Crippen MR) is 114 cm³/mol. The van der Waals surface area contributed by atoms with Crippen molar-refractivity contribution in [3.63, 3.8) is 0 Å². The van der Waals surface area contributed by atoms with Gasteiger partial charge in [0.25, 0.3) is 5.91 Å². The van der Waals surface area contributed by atoms with Gasteiger partial charge in [-0.2, -0.15) is 4.99 Å². The Labute approximate surface area is 173 Å². The fourth-order valence-corrected chi connectivity index (χ4v) is 3.26. The minimum absolute atomic E-state index is 0.252. The van der Waals surface area contributed by atoms with Gasteiger partial charge in [-0.25, -0.2) is 0 Å². The lowest BCUT2D eigenvalue weighted by atomic mass is 10.2. The first kappa shape index (κ1) is 20.6. The molecular weight excluding hydrogens is 392 g/mol. The summed E-state index contributed by atoms with van der Waals surface area (Å²) < 4.78 is 22.4. The fourth-order valence-electron chi connectivity index (χ4n) is 2.58. The molecule has 29 heavy (non-hydrogen) atoms. The Morgan fingerprint density at radius 2 is 1.83 bits per heavy atom. The number of benzene rings is 2. The molecule has 2 N–H and O–H groups in total. The number of methoxy groups -OCH3 is 1. The van der Waals surface area contributed by atoms with E-state index in [4.69, 9.17) is 24.7 Å². The average molecular weight is 414 g/mol. The first-order valence-electron chi connectivity index (χ1n) is 9.03. The highest BCUT2D eigenvalue weighted by molar-refractivity contribution is 8.18. The molecule has 0 spiro atoms. The predicted octanol–water partition coefficient (Wildman–Crippen LogP) is 3.48. The van der Waals surface area contributed by atoms with Gasteiger partial charge in [-0.15, -0.1) is 0 Å². The smallest absolute Gasteiger partial charge is 0.286 e. The van der Waals surface area contributed by atoms with Crippen LogP contribution < -0.4 is 24.7 Å². The Balaban J connectivity index is 1.61. The van der Waals surface area contributed by atoms with Crippen molar-refractivity contribution in [3.8, 4) is 23.0 Å². The van der Waals surface area contributed by atoms with Crippen molar-refractivity contribution in [2.45, 2.75) is 6.92 Å². The molecule has 152 valence electrons. The van der Waals surface area contributed by atoms with E-state index in [2.05, 4.69) is 4.99 Å². The maximum atomic E-state index is 11.8. The van der Waals surface area contributed by atoms with Crippen molar-refractivity contribution < 1.29 is 23.7 Å². The lowest BCUT2D eigenvalue weighted by Crippen LogP contribution is -2.10. The maximum Gasteiger partial charge on any atom is 0.286 e. The Morgan fingerprint density at radius 3 is 2.55 bits per heavy atom. The molecule has 1 aliphatic rings. The molecule has 0 atom stereocenters. The van der Waals surface area contributed by atoms with Gasteiger partial charge in [-0.1, -0.05) is 12.1 Å². The number of carbonyl (C=O) groups is 1. The second-order valence-corrected chi connectivity index (χ2v) is 6.94. The summed E-state index contributed by atoms with van der Waals surface area (Å²) in [5.74, 6) is 2.30. The van der Waals surface area contributed by atoms with E-state index in [0.29, 0.717) is 42.0 Å². The number of nitrogens with two attached hydrogens (primary N) is 1. The van der Waals surface area contributed by atoms with Crippen LogP contribution >= 0.6 is 11.8 Å². The molecule has 1 amide bonds. The topological polar surface area (TPSA) is 92.4 Å². The van der Waals surface area contributed by atoms with E-state index in [1.165, 1.54) is 0 Å². The van der Waals surface area contributed by atoms with Crippen LogP contribution in [0, 0.1) is 0 Å². The van der Waals surface area contributed by atoms with Gasteiger partial charge in [0, 0.05) is 6.07 Å². The molecule has 0 saturated carbocycles. The summed E-state index contributed by atoms with van der Waals surface area (Å²) in [6.07, 6.45) is 1.73. The number of aliphatic imine (C=N–C) groups is 1. The lowest BCUT2D eigenvalue weighted by Gasteiger charge is -2.13. The summed E-state index contributed by atoms with van der Waals surface area (Å²) in [6.45, 7) is 3.09. The Kier molecular flexibility index (Phi) is 7.02. The van der Waals surface area contributed by atoms with Crippen LogP contribution in [0.2, 0.25) is 0 Å². The van der Waals surface area contributed by atoms with E-state index in [1.54, 1.807) is 19.3 Å². The van der Waals surface area contributed by atoms with E-state index < -0.39 is 0 Å². The Morgan fingerprint density at radius 1 is 1.03 bits per heavy atom. The van der Waals surface area contributed by atoms with Gasteiger partial charge >= 0.3 is 0 Å². The largest absolute Gasteiger partial charge is 0.497 e. The zero-order valence-corrected chi connectivity index (χ0v) is 17.0. The van der Waals surface area contributed by atoms with E-state index >= 15 is 0 Å². The van der Waals surface area contributed by atoms with Gasteiger partial charge in [-0.05, 0) is 54.6 Å². The SMILES string of the molecule is CCOc1cc(/C=C2/SC(N)=NC2=O)ccc1OCCOc1cccc(OC)c1. The molecule has 2 aromatic rings. The van der Waals surface area contributed by atoms with Crippen molar-refractivity contribution in [1.82, 2.24) is 0 Å². The second kappa shape index (κ2) is 9.88. The molecule has 7 nitrogen and oxygen atoms in total. The standard InChI is InChI=1S/C21H22N2O5S/c1-3-26-18-11-14(12-19-20(24)23-21(22)29-19)7-8-17(18)28-10-9-27-16-6-4-5-15(13-16)25-2/h4-8,11-13H,3,9-10H2,1-2H3,(H2,22,23,24)/b19-12+. The van der Waals surface area contributed by atoms with Gasteiger partial charge in [0.15, 0.2) is 16.7 Å². The van der Waals surface area contributed by atoms with Crippen LogP contribution in [0.1, 0.15) is 12.5 Å². The van der Waals surface area contributed by atoms with Crippen LogP contribution in [0.4, 0.5) is 0 Å². The highest BCUT2D eigenvalue weighted by Crippen LogP contribution is 2.32. The van der Waals surface area contributed by atoms with Crippen LogP contribution in [0.25, 0.3) is 6.08 Å². The van der Waals surface area contributed by atoms with Gasteiger partial charge in [-0.3, -0.25) is 4.79 Å². The van der Waals surface area contributed by atoms with Gasteiger partial charge in [0.2, 0.25) is 0 Å². The molecular formula is C21H22N2O5S. The number of amidine groups is 1. The summed E-state index contributed by atoms with van der Waals surface area (Å²) in [6, 6.07) is 12.8. The number of amides is 1. The van der Waals surface area contributed by atoms with Crippen molar-refractivity contribution >= 4 is 28.9 Å². The number of carbonyl (C=O) groups excluding carboxylic acids is 1. The normalized spacial score (nSPS) is 14.6. The second-order valence-electron chi connectivity index (χ2n) is 5.88. The van der Waals surface area contributed by atoms with E-state index in [0.717, 1.165) is 23.1 Å². The number of hydrogen-bond donors (Lipinski definition) is 1. The molecule has 1 heterocycles. The molecule has 0 saturated heterocycles. The zero-order valence-electron chi connectivity index (χ0n) is 16.2. The molecule has 8 heteroatoms. The van der Waals surface area contributed by atoms with E-state index in [-0.39, 0.29) is 11.1 Å². The first-order chi connectivity index (χ1) is 14.1. The van der Waals surface area contributed by atoms with Crippen LogP contribution in [0.5, 0.6) is 23.0 Å². The van der Waals surface area contributed by atoms with Crippen LogP contribution in [-0.4, -0.2) is 38.0 Å². The monoisotopic (exact) mass is 414 g/mol. The minimum atomic E-state index is -0.333. The summed E-state index contributed by atoms with van der Waals surface area (Å²) in [5, 5.41) is 0.252. The van der Waals surface area contributed by atoms with Gasteiger partial charge in [0.1, 0.15) is 24.7 Å². The Bertz CT molecular complexity index is 942.